The van der Waals surface area contributed by atoms with Gasteiger partial charge in [0.05, 0.1) is 12.8 Å². The number of aromatic amines is 1. The largest absolute Gasteiger partial charge is 0.475 e. The van der Waals surface area contributed by atoms with Gasteiger partial charge in [0.15, 0.2) is 5.65 Å². The van der Waals surface area contributed by atoms with Crippen molar-refractivity contribution >= 4 is 17.0 Å². The van der Waals surface area contributed by atoms with E-state index < -0.39 is 0 Å². The van der Waals surface area contributed by atoms with E-state index in [0.717, 1.165) is 6.54 Å². The minimum atomic E-state index is -0.0557. The Bertz CT molecular complexity index is 470. The number of ether oxygens (including phenoxy) is 1. The Morgan fingerprint density at radius 3 is 3.12 bits per heavy atom. The first kappa shape index (κ1) is 10.6. The predicted molar refractivity (Wildman–Crippen MR) is 58.4 cm³/mol. The van der Waals surface area contributed by atoms with Crippen molar-refractivity contribution in [3.63, 3.8) is 0 Å². The lowest BCUT2D eigenvalue weighted by Gasteiger charge is -2.06. The van der Waals surface area contributed by atoms with E-state index in [1.165, 1.54) is 0 Å². The fourth-order valence-corrected chi connectivity index (χ4v) is 1.30. The van der Waals surface area contributed by atoms with Crippen molar-refractivity contribution in [1.82, 2.24) is 20.2 Å². The van der Waals surface area contributed by atoms with E-state index in [0.29, 0.717) is 22.9 Å². The van der Waals surface area contributed by atoms with Crippen molar-refractivity contribution in [3.8, 4) is 5.88 Å². The van der Waals surface area contributed by atoms with E-state index in [1.54, 1.807) is 6.20 Å². The summed E-state index contributed by atoms with van der Waals surface area (Å²) in [5.41, 5.74) is 0.610. The Kier molecular flexibility index (Phi) is 3.16. The maximum Gasteiger partial charge on any atom is 0.229 e. The highest BCUT2D eigenvalue weighted by molar-refractivity contribution is 5.80. The number of anilines is 1. The van der Waals surface area contributed by atoms with Crippen LogP contribution in [0, 0.1) is 0 Å². The molecule has 2 aromatic heterocycles. The summed E-state index contributed by atoms with van der Waals surface area (Å²) in [7, 11) is 0. The van der Waals surface area contributed by atoms with Crippen LogP contribution >= 0.6 is 0 Å². The molecule has 0 aliphatic rings. The quantitative estimate of drug-likeness (QED) is 0.668. The molecule has 0 aliphatic heterocycles. The van der Waals surface area contributed by atoms with Crippen molar-refractivity contribution in [2.24, 2.45) is 0 Å². The molecule has 0 spiro atoms. The van der Waals surface area contributed by atoms with Gasteiger partial charge >= 0.3 is 0 Å². The van der Waals surface area contributed by atoms with Gasteiger partial charge < -0.3 is 15.2 Å². The molecule has 7 nitrogen and oxygen atoms in total. The molecule has 16 heavy (non-hydrogen) atoms. The smallest absolute Gasteiger partial charge is 0.229 e. The molecule has 2 rings (SSSR count). The molecule has 7 heteroatoms. The summed E-state index contributed by atoms with van der Waals surface area (Å²) in [6.07, 6.45) is 1.60. The first-order valence-corrected chi connectivity index (χ1v) is 5.03. The lowest BCUT2D eigenvalue weighted by atomic mass is 10.4. The average Bonchev–Trinajstić information content (AvgIpc) is 2.74. The highest BCUT2D eigenvalue weighted by Crippen LogP contribution is 2.21. The highest BCUT2D eigenvalue weighted by atomic mass is 16.5. The van der Waals surface area contributed by atoms with Crippen molar-refractivity contribution < 1.29 is 9.84 Å². The van der Waals surface area contributed by atoms with Gasteiger partial charge in [0.25, 0.3) is 0 Å². The molecule has 0 bridgehead atoms. The minimum absolute atomic E-state index is 0.0557. The molecule has 3 N–H and O–H groups in total. The van der Waals surface area contributed by atoms with Crippen LogP contribution < -0.4 is 10.1 Å². The Hall–Kier alpha value is -1.89. The van der Waals surface area contributed by atoms with Crippen LogP contribution in [-0.2, 0) is 0 Å². The number of H-pyrrole nitrogens is 1. The third-order valence-corrected chi connectivity index (χ3v) is 1.94. The molecule has 0 fully saturated rings. The van der Waals surface area contributed by atoms with Gasteiger partial charge in [-0.2, -0.15) is 15.1 Å². The van der Waals surface area contributed by atoms with E-state index in [4.69, 9.17) is 9.84 Å². The Balaban J connectivity index is 2.38. The first-order valence-electron chi connectivity index (χ1n) is 5.03. The maximum absolute atomic E-state index is 8.72. The van der Waals surface area contributed by atoms with Crippen molar-refractivity contribution in [2.75, 3.05) is 25.1 Å². The summed E-state index contributed by atoms with van der Waals surface area (Å²) in [4.78, 5) is 8.40. The fourth-order valence-electron chi connectivity index (χ4n) is 1.30. The Morgan fingerprint density at radius 1 is 1.50 bits per heavy atom. The molecule has 0 saturated carbocycles. The number of nitrogens with one attached hydrogen (secondary N) is 2. The van der Waals surface area contributed by atoms with Crippen LogP contribution in [0.2, 0.25) is 0 Å². The number of fused-ring (bicyclic) bond motifs is 1. The molecule has 0 radical (unpaired) electrons. The molecule has 0 amide bonds. The SMILES string of the molecule is CCNc1nc(OCCO)c2cn[nH]c2n1. The number of aliphatic hydroxyl groups is 1. The number of hydrogen-bond acceptors (Lipinski definition) is 6. The normalized spacial score (nSPS) is 10.6. The zero-order chi connectivity index (χ0) is 11.4. The molecular formula is C9H13N5O2. The molecule has 0 atom stereocenters. The van der Waals surface area contributed by atoms with Crippen molar-refractivity contribution in [2.45, 2.75) is 6.92 Å². The second kappa shape index (κ2) is 4.75. The van der Waals surface area contributed by atoms with Crippen LogP contribution in [-0.4, -0.2) is 45.0 Å². The average molecular weight is 223 g/mol. The van der Waals surface area contributed by atoms with Gasteiger partial charge in [-0.25, -0.2) is 0 Å². The van der Waals surface area contributed by atoms with Gasteiger partial charge in [-0.3, -0.25) is 5.10 Å². The van der Waals surface area contributed by atoms with Crippen molar-refractivity contribution in [1.29, 1.82) is 0 Å². The predicted octanol–water partition coefficient (Wildman–Crippen LogP) is 0.156. The summed E-state index contributed by atoms with van der Waals surface area (Å²) in [5, 5.41) is 19.0. The summed E-state index contributed by atoms with van der Waals surface area (Å²) in [5.74, 6) is 0.899. The zero-order valence-corrected chi connectivity index (χ0v) is 8.90. The first-order chi connectivity index (χ1) is 7.85. The molecule has 0 aromatic carbocycles. The maximum atomic E-state index is 8.72. The number of aromatic nitrogens is 4. The van der Waals surface area contributed by atoms with Crippen LogP contribution in [0.15, 0.2) is 6.20 Å². The van der Waals surface area contributed by atoms with Gasteiger partial charge in [-0.1, -0.05) is 0 Å². The standard InChI is InChI=1S/C9H13N5O2/c1-2-10-9-12-7-6(5-11-14-7)8(13-9)16-4-3-15/h5,15H,2-4H2,1H3,(H2,10,11,12,13,14). The monoisotopic (exact) mass is 223 g/mol. The molecule has 2 aromatic rings. The third kappa shape index (κ3) is 2.03. The zero-order valence-electron chi connectivity index (χ0n) is 8.90. The van der Waals surface area contributed by atoms with E-state index >= 15 is 0 Å². The van der Waals surface area contributed by atoms with Crippen LogP contribution in [0.25, 0.3) is 11.0 Å². The molecule has 0 aliphatic carbocycles. The van der Waals surface area contributed by atoms with Crippen molar-refractivity contribution in [3.05, 3.63) is 6.20 Å². The van der Waals surface area contributed by atoms with E-state index in [9.17, 15) is 0 Å². The van der Waals surface area contributed by atoms with Gasteiger partial charge in [0.2, 0.25) is 11.8 Å². The second-order valence-corrected chi connectivity index (χ2v) is 3.09. The van der Waals surface area contributed by atoms with Gasteiger partial charge in [0.1, 0.15) is 12.0 Å². The number of rotatable bonds is 5. The van der Waals surface area contributed by atoms with Crippen LogP contribution in [0.1, 0.15) is 6.92 Å². The summed E-state index contributed by atoms with van der Waals surface area (Å²) < 4.78 is 5.31. The molecule has 0 saturated heterocycles. The van der Waals surface area contributed by atoms with Crippen LogP contribution in [0.5, 0.6) is 5.88 Å². The number of nitrogens with zero attached hydrogens (tertiary/aromatic N) is 3. The highest BCUT2D eigenvalue weighted by Gasteiger charge is 2.09. The lowest BCUT2D eigenvalue weighted by molar-refractivity contribution is 0.198. The minimum Gasteiger partial charge on any atom is -0.475 e. The number of aliphatic hydroxyl groups excluding tert-OH is 1. The molecule has 86 valence electrons. The van der Waals surface area contributed by atoms with Crippen LogP contribution in [0.4, 0.5) is 5.95 Å². The van der Waals surface area contributed by atoms with Gasteiger partial charge in [0, 0.05) is 6.54 Å². The topological polar surface area (TPSA) is 96.0 Å². The molecular weight excluding hydrogens is 210 g/mol. The van der Waals surface area contributed by atoms with Crippen LogP contribution in [0.3, 0.4) is 0 Å². The third-order valence-electron chi connectivity index (χ3n) is 1.94. The van der Waals surface area contributed by atoms with E-state index in [-0.39, 0.29) is 13.2 Å². The summed E-state index contributed by atoms with van der Waals surface area (Å²) in [6, 6.07) is 0. The summed E-state index contributed by atoms with van der Waals surface area (Å²) >= 11 is 0. The number of hydrogen-bond donors (Lipinski definition) is 3. The second-order valence-electron chi connectivity index (χ2n) is 3.09. The summed E-state index contributed by atoms with van der Waals surface area (Å²) in [6.45, 7) is 2.82. The van der Waals surface area contributed by atoms with Gasteiger partial charge in [-0.15, -0.1) is 0 Å². The van der Waals surface area contributed by atoms with Gasteiger partial charge in [-0.05, 0) is 6.92 Å². The Morgan fingerprint density at radius 2 is 2.38 bits per heavy atom. The molecule has 0 unspecified atom stereocenters. The lowest BCUT2D eigenvalue weighted by Crippen LogP contribution is -2.07. The Labute approximate surface area is 91.9 Å². The fraction of sp³-hybridized carbons (Fsp3) is 0.444. The van der Waals surface area contributed by atoms with E-state index in [1.807, 2.05) is 6.92 Å². The van der Waals surface area contributed by atoms with E-state index in [2.05, 4.69) is 25.5 Å². The molecule has 2 heterocycles.